The molecule has 0 aliphatic heterocycles. The predicted molar refractivity (Wildman–Crippen MR) is 124 cm³/mol. The number of H-pyrrole nitrogens is 1. The molecular weight excluding hydrogens is 426 g/mol. The molecule has 4 aromatic rings. The first-order chi connectivity index (χ1) is 15.5. The Hall–Kier alpha value is -3.43. The van der Waals surface area contributed by atoms with Gasteiger partial charge in [-0.15, -0.1) is 0 Å². The van der Waals surface area contributed by atoms with E-state index in [0.717, 1.165) is 48.3 Å². The molecule has 8 nitrogen and oxygen atoms in total. The smallest absolute Gasteiger partial charge is 0.248 e. The molecule has 1 aliphatic carbocycles. The van der Waals surface area contributed by atoms with Gasteiger partial charge in [0.05, 0.1) is 16.3 Å². The van der Waals surface area contributed by atoms with E-state index >= 15 is 0 Å². The largest absolute Gasteiger partial charge is 0.352 e. The SMILES string of the molecule is O=c1cc(-c2ccc(Nc3ccc(S(=O)(=O)NC4CCCC4)cc3)c3nccn23)cc[nH]1. The number of nitrogens with zero attached hydrogens (tertiary/aromatic N) is 2. The van der Waals surface area contributed by atoms with Crippen LogP contribution in [0.25, 0.3) is 16.9 Å². The van der Waals surface area contributed by atoms with Crippen LogP contribution in [0.3, 0.4) is 0 Å². The van der Waals surface area contributed by atoms with E-state index in [2.05, 4.69) is 20.0 Å². The lowest BCUT2D eigenvalue weighted by Gasteiger charge is -2.14. The number of anilines is 2. The Balaban J connectivity index is 1.40. The molecule has 0 radical (unpaired) electrons. The highest BCUT2D eigenvalue weighted by molar-refractivity contribution is 7.89. The van der Waals surface area contributed by atoms with Gasteiger partial charge in [-0.2, -0.15) is 0 Å². The average molecular weight is 450 g/mol. The van der Waals surface area contributed by atoms with Crippen molar-refractivity contribution >= 4 is 27.0 Å². The number of hydrogen-bond acceptors (Lipinski definition) is 5. The molecule has 164 valence electrons. The van der Waals surface area contributed by atoms with E-state index in [1.54, 1.807) is 42.7 Å². The van der Waals surface area contributed by atoms with Crippen molar-refractivity contribution in [2.24, 2.45) is 0 Å². The number of pyridine rings is 2. The summed E-state index contributed by atoms with van der Waals surface area (Å²) in [6, 6.07) is 13.9. The van der Waals surface area contributed by atoms with Gasteiger partial charge in [-0.05, 0) is 55.3 Å². The fraction of sp³-hybridized carbons (Fsp3) is 0.217. The summed E-state index contributed by atoms with van der Waals surface area (Å²) in [4.78, 5) is 19.0. The normalized spacial score (nSPS) is 14.8. The first-order valence-corrected chi connectivity index (χ1v) is 12.0. The van der Waals surface area contributed by atoms with E-state index in [0.29, 0.717) is 5.65 Å². The molecule has 32 heavy (non-hydrogen) atoms. The number of aromatic amines is 1. The third-order valence-electron chi connectivity index (χ3n) is 5.74. The molecule has 1 saturated carbocycles. The lowest BCUT2D eigenvalue weighted by atomic mass is 10.1. The number of aromatic nitrogens is 3. The summed E-state index contributed by atoms with van der Waals surface area (Å²) in [5.41, 5.74) is 3.67. The molecule has 0 bridgehead atoms. The number of fused-ring (bicyclic) bond motifs is 1. The molecule has 0 saturated heterocycles. The number of benzene rings is 1. The van der Waals surface area contributed by atoms with Gasteiger partial charge < -0.3 is 10.3 Å². The van der Waals surface area contributed by atoms with E-state index in [1.807, 2.05) is 28.8 Å². The van der Waals surface area contributed by atoms with Gasteiger partial charge in [0.15, 0.2) is 5.65 Å². The molecule has 1 aliphatic rings. The van der Waals surface area contributed by atoms with Crippen molar-refractivity contribution < 1.29 is 8.42 Å². The van der Waals surface area contributed by atoms with Crippen molar-refractivity contribution in [3.63, 3.8) is 0 Å². The molecule has 0 amide bonds. The topological polar surface area (TPSA) is 108 Å². The number of sulfonamides is 1. The number of rotatable bonds is 6. The lowest BCUT2D eigenvalue weighted by molar-refractivity contribution is 0.552. The van der Waals surface area contributed by atoms with E-state index < -0.39 is 10.0 Å². The van der Waals surface area contributed by atoms with Crippen molar-refractivity contribution in [3.05, 3.63) is 77.5 Å². The van der Waals surface area contributed by atoms with Gasteiger partial charge in [-0.1, -0.05) is 12.8 Å². The summed E-state index contributed by atoms with van der Waals surface area (Å²) in [7, 11) is -3.52. The Kier molecular flexibility index (Phi) is 5.28. The molecule has 3 heterocycles. The summed E-state index contributed by atoms with van der Waals surface area (Å²) in [6.45, 7) is 0. The minimum atomic E-state index is -3.52. The van der Waals surface area contributed by atoms with E-state index in [-0.39, 0.29) is 16.5 Å². The van der Waals surface area contributed by atoms with Crippen LogP contribution < -0.4 is 15.6 Å². The van der Waals surface area contributed by atoms with Crippen LogP contribution in [-0.4, -0.2) is 28.8 Å². The fourth-order valence-corrected chi connectivity index (χ4v) is 5.46. The van der Waals surface area contributed by atoms with Crippen LogP contribution in [-0.2, 0) is 10.0 Å². The number of nitrogens with one attached hydrogen (secondary N) is 3. The minimum absolute atomic E-state index is 0.0326. The van der Waals surface area contributed by atoms with Crippen molar-refractivity contribution in [3.8, 4) is 11.3 Å². The van der Waals surface area contributed by atoms with Crippen LogP contribution in [0.2, 0.25) is 0 Å². The molecule has 3 N–H and O–H groups in total. The fourth-order valence-electron chi connectivity index (χ4n) is 4.16. The Bertz CT molecular complexity index is 1420. The molecule has 0 atom stereocenters. The Labute approximate surface area is 185 Å². The van der Waals surface area contributed by atoms with Crippen molar-refractivity contribution in [2.75, 3.05) is 5.32 Å². The van der Waals surface area contributed by atoms with E-state index in [9.17, 15) is 13.2 Å². The van der Waals surface area contributed by atoms with Gasteiger partial charge in [-0.25, -0.2) is 18.1 Å². The van der Waals surface area contributed by atoms with Crippen molar-refractivity contribution in [1.29, 1.82) is 0 Å². The quantitative estimate of drug-likeness (QED) is 0.416. The maximum absolute atomic E-state index is 12.6. The molecule has 1 aromatic carbocycles. The summed E-state index contributed by atoms with van der Waals surface area (Å²) in [5, 5.41) is 3.31. The standard InChI is InChI=1S/C23H23N5O3S/c29-22-15-16(11-12-24-22)21-10-9-20(23-25-13-14-28(21)23)26-17-5-7-19(8-6-17)32(30,31)27-18-3-1-2-4-18/h5-15,18,26-27H,1-4H2,(H,24,29). The number of hydrogen-bond donors (Lipinski definition) is 3. The first-order valence-electron chi connectivity index (χ1n) is 10.5. The predicted octanol–water partition coefficient (Wildman–Crippen LogP) is 3.65. The van der Waals surface area contributed by atoms with Crippen LogP contribution in [0, 0.1) is 0 Å². The van der Waals surface area contributed by atoms with Crippen LogP contribution in [0.1, 0.15) is 25.7 Å². The van der Waals surface area contributed by atoms with Crippen LogP contribution in [0.5, 0.6) is 0 Å². The zero-order valence-corrected chi connectivity index (χ0v) is 18.1. The summed E-state index contributed by atoms with van der Waals surface area (Å²) in [5.74, 6) is 0. The van der Waals surface area contributed by atoms with Gasteiger partial charge >= 0.3 is 0 Å². The highest BCUT2D eigenvalue weighted by Crippen LogP contribution is 2.27. The zero-order chi connectivity index (χ0) is 22.1. The highest BCUT2D eigenvalue weighted by atomic mass is 32.2. The molecule has 9 heteroatoms. The second-order valence-electron chi connectivity index (χ2n) is 7.95. The first kappa shape index (κ1) is 20.5. The van der Waals surface area contributed by atoms with Crippen LogP contribution in [0.15, 0.2) is 76.8 Å². The molecule has 3 aromatic heterocycles. The molecule has 1 fully saturated rings. The van der Waals surface area contributed by atoms with Gasteiger partial charge in [0.2, 0.25) is 15.6 Å². The molecule has 0 spiro atoms. The van der Waals surface area contributed by atoms with Gasteiger partial charge in [0.25, 0.3) is 0 Å². The zero-order valence-electron chi connectivity index (χ0n) is 17.3. The Morgan fingerprint density at radius 2 is 1.81 bits per heavy atom. The van der Waals surface area contributed by atoms with E-state index in [1.165, 1.54) is 0 Å². The number of imidazole rings is 1. The second-order valence-corrected chi connectivity index (χ2v) is 9.66. The Morgan fingerprint density at radius 1 is 1.03 bits per heavy atom. The average Bonchev–Trinajstić information content (AvgIpc) is 3.46. The van der Waals surface area contributed by atoms with Gasteiger partial charge in [-0.3, -0.25) is 9.20 Å². The van der Waals surface area contributed by atoms with Crippen LogP contribution >= 0.6 is 0 Å². The minimum Gasteiger partial charge on any atom is -0.352 e. The molecular formula is C23H23N5O3S. The van der Waals surface area contributed by atoms with Crippen molar-refractivity contribution in [2.45, 2.75) is 36.6 Å². The summed E-state index contributed by atoms with van der Waals surface area (Å²) < 4.78 is 30.0. The van der Waals surface area contributed by atoms with E-state index in [4.69, 9.17) is 0 Å². The second kappa shape index (κ2) is 8.25. The van der Waals surface area contributed by atoms with Crippen molar-refractivity contribution in [1.82, 2.24) is 19.1 Å². The maximum atomic E-state index is 12.6. The van der Waals surface area contributed by atoms with Crippen LogP contribution in [0.4, 0.5) is 11.4 Å². The maximum Gasteiger partial charge on any atom is 0.248 e. The van der Waals surface area contributed by atoms with Gasteiger partial charge in [0, 0.05) is 41.9 Å². The Morgan fingerprint density at radius 3 is 2.56 bits per heavy atom. The summed E-state index contributed by atoms with van der Waals surface area (Å²) in [6.07, 6.45) is 9.07. The van der Waals surface area contributed by atoms with Gasteiger partial charge in [0.1, 0.15) is 0 Å². The third-order valence-corrected chi connectivity index (χ3v) is 7.28. The molecule has 0 unspecified atom stereocenters. The molecule has 5 rings (SSSR count). The monoisotopic (exact) mass is 449 g/mol. The summed E-state index contributed by atoms with van der Waals surface area (Å²) >= 11 is 0. The lowest BCUT2D eigenvalue weighted by Crippen LogP contribution is -2.32. The third kappa shape index (κ3) is 4.04. The highest BCUT2D eigenvalue weighted by Gasteiger charge is 2.22.